The molecule has 29 heavy (non-hydrogen) atoms. The second-order valence-electron chi connectivity index (χ2n) is 6.55. The molecule has 0 saturated heterocycles. The number of carbonyl (C=O) groups is 1. The van der Waals surface area contributed by atoms with Gasteiger partial charge in [-0.05, 0) is 29.8 Å². The van der Waals surface area contributed by atoms with Gasteiger partial charge in [-0.3, -0.25) is 14.6 Å². The van der Waals surface area contributed by atoms with Crippen LogP contribution in [0.25, 0.3) is 10.9 Å². The summed E-state index contributed by atoms with van der Waals surface area (Å²) in [6.07, 6.45) is 1.80. The van der Waals surface area contributed by atoms with E-state index in [1.54, 1.807) is 30.5 Å². The zero-order chi connectivity index (χ0) is 20.1. The van der Waals surface area contributed by atoms with Crippen molar-refractivity contribution in [3.63, 3.8) is 0 Å². The molecule has 0 bridgehead atoms. The normalized spacial score (nSPS) is 11.9. The molecule has 0 aliphatic carbocycles. The number of amides is 1. The minimum atomic E-state index is -0.371. The predicted molar refractivity (Wildman–Crippen MR) is 109 cm³/mol. The van der Waals surface area contributed by atoms with Gasteiger partial charge in [-0.1, -0.05) is 53.7 Å². The number of fused-ring (bicyclic) bond motifs is 1. The van der Waals surface area contributed by atoms with Crippen molar-refractivity contribution >= 4 is 16.8 Å². The van der Waals surface area contributed by atoms with E-state index in [4.69, 9.17) is 0 Å². The lowest BCUT2D eigenvalue weighted by Gasteiger charge is -2.19. The molecule has 0 aliphatic heterocycles. The van der Waals surface area contributed by atoms with Crippen LogP contribution in [0, 0.1) is 0 Å². The summed E-state index contributed by atoms with van der Waals surface area (Å²) in [4.78, 5) is 29.6. The van der Waals surface area contributed by atoms with E-state index in [-0.39, 0.29) is 30.5 Å². The van der Waals surface area contributed by atoms with Crippen LogP contribution in [-0.4, -0.2) is 25.9 Å². The third-order valence-electron chi connectivity index (χ3n) is 4.60. The van der Waals surface area contributed by atoms with Crippen LogP contribution in [0.2, 0.25) is 0 Å². The Bertz CT molecular complexity index is 1140. The van der Waals surface area contributed by atoms with Crippen LogP contribution in [-0.2, 0) is 11.3 Å². The Morgan fingerprint density at radius 1 is 0.966 bits per heavy atom. The summed E-state index contributed by atoms with van der Waals surface area (Å²) >= 11 is 0. The van der Waals surface area contributed by atoms with Crippen LogP contribution in [0.4, 0.5) is 0 Å². The fourth-order valence-electron chi connectivity index (χ4n) is 3.13. The Kier molecular flexibility index (Phi) is 5.38. The summed E-state index contributed by atoms with van der Waals surface area (Å²) < 4.78 is 1.22. The van der Waals surface area contributed by atoms with Crippen molar-refractivity contribution in [2.75, 3.05) is 0 Å². The van der Waals surface area contributed by atoms with Crippen molar-refractivity contribution in [1.29, 1.82) is 0 Å². The van der Waals surface area contributed by atoms with Crippen molar-refractivity contribution < 1.29 is 4.79 Å². The molecule has 2 aromatic heterocycles. The van der Waals surface area contributed by atoms with Crippen LogP contribution in [0.3, 0.4) is 0 Å². The van der Waals surface area contributed by atoms with E-state index < -0.39 is 0 Å². The number of pyridine rings is 1. The van der Waals surface area contributed by atoms with Crippen molar-refractivity contribution in [2.24, 2.45) is 0 Å². The van der Waals surface area contributed by atoms with E-state index in [1.165, 1.54) is 4.68 Å². The van der Waals surface area contributed by atoms with E-state index in [0.29, 0.717) is 10.9 Å². The number of rotatable bonds is 6. The molecule has 0 radical (unpaired) electrons. The van der Waals surface area contributed by atoms with Crippen molar-refractivity contribution in [3.05, 3.63) is 101 Å². The van der Waals surface area contributed by atoms with Crippen LogP contribution >= 0.6 is 0 Å². The number of hydrogen-bond donors (Lipinski definition) is 1. The van der Waals surface area contributed by atoms with Gasteiger partial charge in [-0.15, -0.1) is 5.10 Å². The van der Waals surface area contributed by atoms with Gasteiger partial charge < -0.3 is 5.32 Å². The quantitative estimate of drug-likeness (QED) is 0.551. The fraction of sp³-hybridized carbons (Fsp3) is 0.136. The average molecular weight is 385 g/mol. The fourth-order valence-corrected chi connectivity index (χ4v) is 3.13. The summed E-state index contributed by atoms with van der Waals surface area (Å²) in [5.74, 6) is -0.202. The number of nitrogens with zero attached hydrogens (tertiary/aromatic N) is 4. The third kappa shape index (κ3) is 4.19. The van der Waals surface area contributed by atoms with E-state index >= 15 is 0 Å². The van der Waals surface area contributed by atoms with Gasteiger partial charge in [0.25, 0.3) is 5.56 Å². The average Bonchev–Trinajstić information content (AvgIpc) is 2.78. The SMILES string of the molecule is O=C(CCn1nnc2ccccc2c1=O)NC(c1ccccc1)c1ccccn1. The smallest absolute Gasteiger partial charge is 0.277 e. The first-order valence-corrected chi connectivity index (χ1v) is 9.30. The zero-order valence-electron chi connectivity index (χ0n) is 15.6. The summed E-state index contributed by atoms with van der Waals surface area (Å²) in [6, 6.07) is 21.9. The first kappa shape index (κ1) is 18.5. The van der Waals surface area contributed by atoms with Crippen molar-refractivity contribution in [1.82, 2.24) is 25.3 Å². The van der Waals surface area contributed by atoms with Crippen LogP contribution in [0.5, 0.6) is 0 Å². The second kappa shape index (κ2) is 8.43. The number of hydrogen-bond acceptors (Lipinski definition) is 5. The first-order valence-electron chi connectivity index (χ1n) is 9.30. The van der Waals surface area contributed by atoms with Gasteiger partial charge in [0, 0.05) is 12.6 Å². The molecule has 0 aliphatic rings. The molecule has 0 spiro atoms. The highest BCUT2D eigenvalue weighted by Gasteiger charge is 2.18. The molecule has 1 atom stereocenters. The number of aryl methyl sites for hydroxylation is 1. The Labute approximate surface area is 167 Å². The van der Waals surface area contributed by atoms with E-state index in [2.05, 4.69) is 20.6 Å². The maximum Gasteiger partial charge on any atom is 0.277 e. The van der Waals surface area contributed by atoms with Crippen LogP contribution in [0.1, 0.15) is 23.7 Å². The molecule has 4 rings (SSSR count). The number of aromatic nitrogens is 4. The van der Waals surface area contributed by atoms with Crippen LogP contribution < -0.4 is 10.9 Å². The van der Waals surface area contributed by atoms with Crippen LogP contribution in [0.15, 0.2) is 83.8 Å². The lowest BCUT2D eigenvalue weighted by molar-refractivity contribution is -0.121. The summed E-state index contributed by atoms with van der Waals surface area (Å²) in [5, 5.41) is 11.5. The molecular weight excluding hydrogens is 366 g/mol. The van der Waals surface area contributed by atoms with Crippen molar-refractivity contribution in [2.45, 2.75) is 19.0 Å². The molecule has 0 saturated carbocycles. The minimum Gasteiger partial charge on any atom is -0.344 e. The summed E-state index contributed by atoms with van der Waals surface area (Å²) in [7, 11) is 0. The monoisotopic (exact) mass is 385 g/mol. The lowest BCUT2D eigenvalue weighted by Crippen LogP contribution is -2.32. The molecule has 2 heterocycles. The molecule has 7 heteroatoms. The zero-order valence-corrected chi connectivity index (χ0v) is 15.6. The molecule has 2 aromatic carbocycles. The molecule has 1 unspecified atom stereocenters. The maximum atomic E-state index is 12.6. The molecule has 1 amide bonds. The number of benzene rings is 2. The molecule has 4 aromatic rings. The largest absolute Gasteiger partial charge is 0.344 e. The van der Waals surface area contributed by atoms with E-state index in [0.717, 1.165) is 11.3 Å². The highest BCUT2D eigenvalue weighted by Crippen LogP contribution is 2.20. The first-order chi connectivity index (χ1) is 14.2. The minimum absolute atomic E-state index is 0.100. The topological polar surface area (TPSA) is 89.8 Å². The summed E-state index contributed by atoms with van der Waals surface area (Å²) in [5.41, 5.74) is 1.96. The van der Waals surface area contributed by atoms with Gasteiger partial charge in [0.2, 0.25) is 5.91 Å². The van der Waals surface area contributed by atoms with Gasteiger partial charge in [0.05, 0.1) is 23.7 Å². The number of carbonyl (C=O) groups excluding carboxylic acids is 1. The molecule has 144 valence electrons. The molecule has 1 N–H and O–H groups in total. The number of nitrogens with one attached hydrogen (secondary N) is 1. The summed E-state index contributed by atoms with van der Waals surface area (Å²) in [6.45, 7) is 0.145. The standard InChI is InChI=1S/C22H19N5O2/c28-20(13-15-27-22(29)17-10-4-5-11-18(17)25-26-27)24-21(16-8-2-1-3-9-16)19-12-6-7-14-23-19/h1-12,14,21H,13,15H2,(H,24,28). The highest BCUT2D eigenvalue weighted by atomic mass is 16.2. The lowest BCUT2D eigenvalue weighted by atomic mass is 10.0. The Morgan fingerprint density at radius 2 is 1.72 bits per heavy atom. The second-order valence-corrected chi connectivity index (χ2v) is 6.55. The maximum absolute atomic E-state index is 12.6. The molecular formula is C22H19N5O2. The van der Waals surface area contributed by atoms with Gasteiger partial charge in [0.15, 0.2) is 0 Å². The van der Waals surface area contributed by atoms with E-state index in [1.807, 2.05) is 48.5 Å². The van der Waals surface area contributed by atoms with Crippen molar-refractivity contribution in [3.8, 4) is 0 Å². The Hall–Kier alpha value is -3.87. The van der Waals surface area contributed by atoms with Gasteiger partial charge in [-0.2, -0.15) is 0 Å². The molecule has 0 fully saturated rings. The van der Waals surface area contributed by atoms with Gasteiger partial charge in [0.1, 0.15) is 5.52 Å². The van der Waals surface area contributed by atoms with E-state index in [9.17, 15) is 9.59 Å². The van der Waals surface area contributed by atoms with Gasteiger partial charge in [-0.25, -0.2) is 4.68 Å². The molecule has 7 nitrogen and oxygen atoms in total. The Balaban J connectivity index is 1.50. The highest BCUT2D eigenvalue weighted by molar-refractivity contribution is 5.77. The van der Waals surface area contributed by atoms with Gasteiger partial charge >= 0.3 is 0 Å². The predicted octanol–water partition coefficient (Wildman–Crippen LogP) is 2.48. The Morgan fingerprint density at radius 3 is 2.52 bits per heavy atom. The third-order valence-corrected chi connectivity index (χ3v) is 4.60.